The Hall–Kier alpha value is -1.66. The maximum Gasteiger partial charge on any atom is 0.288 e. The van der Waals surface area contributed by atoms with Crippen LogP contribution in [0.4, 0.5) is 11.4 Å². The van der Waals surface area contributed by atoms with Gasteiger partial charge in [-0.15, -0.1) is 0 Å². The van der Waals surface area contributed by atoms with Crippen molar-refractivity contribution in [3.8, 4) is 0 Å². The molecule has 1 aromatic carbocycles. The molecule has 0 aliphatic carbocycles. The number of aliphatic hydroxyl groups excluding tert-OH is 1. The van der Waals surface area contributed by atoms with Gasteiger partial charge in [-0.25, -0.2) is 0 Å². The summed E-state index contributed by atoms with van der Waals surface area (Å²) < 4.78 is 0. The maximum atomic E-state index is 11.4. The highest BCUT2D eigenvalue weighted by atomic mass is 35.5. The molecule has 2 aliphatic heterocycles. The molecular formula is C14H15ClN2O4. The maximum absolute atomic E-state index is 11.4. The van der Waals surface area contributed by atoms with Gasteiger partial charge in [-0.3, -0.25) is 14.9 Å². The number of hydrogen-bond acceptors (Lipinski definition) is 5. The van der Waals surface area contributed by atoms with E-state index in [4.69, 9.17) is 11.6 Å². The fourth-order valence-corrected chi connectivity index (χ4v) is 3.86. The van der Waals surface area contributed by atoms with Crippen molar-refractivity contribution in [1.29, 1.82) is 0 Å². The largest absolute Gasteiger partial charge is 0.393 e. The molecule has 2 saturated heterocycles. The third-order valence-corrected chi connectivity index (χ3v) is 4.83. The predicted octanol–water partition coefficient (Wildman–Crippen LogP) is 2.55. The van der Waals surface area contributed by atoms with Gasteiger partial charge in [-0.1, -0.05) is 11.6 Å². The zero-order valence-electron chi connectivity index (χ0n) is 11.2. The number of piperidine rings is 1. The van der Waals surface area contributed by atoms with E-state index >= 15 is 0 Å². The molecule has 0 saturated carbocycles. The van der Waals surface area contributed by atoms with Crippen LogP contribution in [-0.4, -0.2) is 34.5 Å². The molecule has 3 atom stereocenters. The van der Waals surface area contributed by atoms with E-state index in [2.05, 4.69) is 4.90 Å². The van der Waals surface area contributed by atoms with Gasteiger partial charge in [-0.05, 0) is 31.7 Å². The standard InChI is InChI=1S/C14H15ClN2O4/c15-14-11(7-18)12(3-4-13(14)17(20)21)16-8-1-2-9(16)6-10(19)5-8/h3-4,7-10,19H,1-2,5-6H2/t8-,9+,10+. The Morgan fingerprint density at radius 3 is 2.48 bits per heavy atom. The lowest BCUT2D eigenvalue weighted by atomic mass is 9.98. The Morgan fingerprint density at radius 2 is 1.95 bits per heavy atom. The van der Waals surface area contributed by atoms with Gasteiger partial charge < -0.3 is 10.0 Å². The molecule has 2 aliphatic rings. The first-order valence-electron chi connectivity index (χ1n) is 6.91. The molecule has 0 radical (unpaired) electrons. The number of nitrogens with zero attached hydrogens (tertiary/aromatic N) is 2. The fourth-order valence-electron chi connectivity index (χ4n) is 3.59. The predicted molar refractivity (Wildman–Crippen MR) is 78.0 cm³/mol. The smallest absolute Gasteiger partial charge is 0.288 e. The number of fused-ring (bicyclic) bond motifs is 2. The van der Waals surface area contributed by atoms with Gasteiger partial charge in [0.15, 0.2) is 6.29 Å². The second-order valence-corrected chi connectivity index (χ2v) is 6.00. The van der Waals surface area contributed by atoms with E-state index in [1.54, 1.807) is 6.07 Å². The lowest BCUT2D eigenvalue weighted by Gasteiger charge is -2.39. The molecule has 112 valence electrons. The van der Waals surface area contributed by atoms with Crippen molar-refractivity contribution in [3.63, 3.8) is 0 Å². The second kappa shape index (κ2) is 5.27. The van der Waals surface area contributed by atoms with Crippen LogP contribution in [0.3, 0.4) is 0 Å². The molecule has 2 bridgehead atoms. The molecule has 0 amide bonds. The average Bonchev–Trinajstić information content (AvgIpc) is 2.69. The summed E-state index contributed by atoms with van der Waals surface area (Å²) in [6, 6.07) is 3.26. The van der Waals surface area contributed by atoms with E-state index < -0.39 is 4.92 Å². The molecule has 21 heavy (non-hydrogen) atoms. The zero-order valence-corrected chi connectivity index (χ0v) is 12.0. The van der Waals surface area contributed by atoms with Gasteiger partial charge in [0, 0.05) is 23.8 Å². The number of hydrogen-bond donors (Lipinski definition) is 1. The molecule has 1 N–H and O–H groups in total. The van der Waals surface area contributed by atoms with E-state index in [0.717, 1.165) is 12.8 Å². The first kappa shape index (κ1) is 14.3. The van der Waals surface area contributed by atoms with Crippen LogP contribution in [0, 0.1) is 10.1 Å². The van der Waals surface area contributed by atoms with Gasteiger partial charge in [0.1, 0.15) is 5.02 Å². The molecule has 0 unspecified atom stereocenters. The van der Waals surface area contributed by atoms with E-state index in [0.29, 0.717) is 24.8 Å². The Morgan fingerprint density at radius 1 is 1.33 bits per heavy atom. The van der Waals surface area contributed by atoms with Crippen molar-refractivity contribution in [2.24, 2.45) is 0 Å². The second-order valence-electron chi connectivity index (χ2n) is 5.62. The quantitative estimate of drug-likeness (QED) is 0.527. The number of aliphatic hydroxyl groups is 1. The Labute approximate surface area is 126 Å². The summed E-state index contributed by atoms with van der Waals surface area (Å²) in [5, 5.41) is 20.6. The number of carbonyl (C=O) groups is 1. The average molecular weight is 311 g/mol. The number of nitro benzene ring substituents is 1. The fraction of sp³-hybridized carbons (Fsp3) is 0.500. The highest BCUT2D eigenvalue weighted by Gasteiger charge is 2.41. The number of benzene rings is 1. The summed E-state index contributed by atoms with van der Waals surface area (Å²) in [7, 11) is 0. The van der Waals surface area contributed by atoms with Crippen molar-refractivity contribution in [3.05, 3.63) is 32.8 Å². The zero-order chi connectivity index (χ0) is 15.1. The van der Waals surface area contributed by atoms with Crippen molar-refractivity contribution < 1.29 is 14.8 Å². The number of carbonyl (C=O) groups excluding carboxylic acids is 1. The van der Waals surface area contributed by atoms with Crippen LogP contribution in [0.5, 0.6) is 0 Å². The Kier molecular flexibility index (Phi) is 3.59. The number of nitro groups is 1. The molecule has 1 aromatic rings. The third kappa shape index (κ3) is 2.28. The van der Waals surface area contributed by atoms with Crippen molar-refractivity contribution in [2.75, 3.05) is 4.90 Å². The van der Waals surface area contributed by atoms with Crippen LogP contribution < -0.4 is 4.90 Å². The number of aldehydes is 1. The van der Waals surface area contributed by atoms with Gasteiger partial charge >= 0.3 is 0 Å². The molecule has 2 heterocycles. The van der Waals surface area contributed by atoms with Gasteiger partial charge in [0.2, 0.25) is 0 Å². The van der Waals surface area contributed by atoms with Crippen molar-refractivity contribution >= 4 is 29.3 Å². The van der Waals surface area contributed by atoms with Crippen LogP contribution in [0.15, 0.2) is 12.1 Å². The Balaban J connectivity index is 2.05. The topological polar surface area (TPSA) is 83.7 Å². The van der Waals surface area contributed by atoms with Crippen LogP contribution in [-0.2, 0) is 0 Å². The lowest BCUT2D eigenvalue weighted by Crippen LogP contribution is -2.45. The van der Waals surface area contributed by atoms with E-state index in [1.165, 1.54) is 6.07 Å². The van der Waals surface area contributed by atoms with Crippen LogP contribution in [0.1, 0.15) is 36.0 Å². The van der Waals surface area contributed by atoms with Gasteiger partial charge in [0.25, 0.3) is 5.69 Å². The highest BCUT2D eigenvalue weighted by Crippen LogP contribution is 2.43. The Bertz CT molecular complexity index is 593. The minimum Gasteiger partial charge on any atom is -0.393 e. The van der Waals surface area contributed by atoms with Crippen molar-refractivity contribution in [2.45, 2.75) is 43.9 Å². The van der Waals surface area contributed by atoms with Crippen LogP contribution >= 0.6 is 11.6 Å². The van der Waals surface area contributed by atoms with Crippen molar-refractivity contribution in [1.82, 2.24) is 0 Å². The third-order valence-electron chi connectivity index (χ3n) is 4.44. The monoisotopic (exact) mass is 310 g/mol. The minimum absolute atomic E-state index is 0.113. The van der Waals surface area contributed by atoms with E-state index in [-0.39, 0.29) is 34.5 Å². The number of halogens is 1. The van der Waals surface area contributed by atoms with Crippen LogP contribution in [0.25, 0.3) is 0 Å². The lowest BCUT2D eigenvalue weighted by molar-refractivity contribution is -0.384. The first-order chi connectivity index (χ1) is 10.0. The molecule has 3 rings (SSSR count). The summed E-state index contributed by atoms with van der Waals surface area (Å²) in [4.78, 5) is 23.8. The SMILES string of the molecule is O=Cc1c(N2[C@@H]3CC[C@H]2C[C@@H](O)C3)ccc([N+](=O)[O-])c1Cl. The summed E-state index contributed by atoms with van der Waals surface area (Å²) in [5.41, 5.74) is 0.547. The van der Waals surface area contributed by atoms with Gasteiger partial charge in [-0.2, -0.15) is 0 Å². The van der Waals surface area contributed by atoms with Crippen LogP contribution in [0.2, 0.25) is 5.02 Å². The summed E-state index contributed by atoms with van der Waals surface area (Å²) >= 11 is 6.02. The number of anilines is 1. The van der Waals surface area contributed by atoms with E-state index in [9.17, 15) is 20.0 Å². The summed E-state index contributed by atoms with van der Waals surface area (Å²) in [6.07, 6.45) is 3.48. The minimum atomic E-state index is -0.590. The number of rotatable bonds is 3. The van der Waals surface area contributed by atoms with Gasteiger partial charge in [0.05, 0.1) is 16.6 Å². The highest BCUT2D eigenvalue weighted by molar-refractivity contribution is 6.35. The normalized spacial score (nSPS) is 27.7. The molecule has 2 fully saturated rings. The summed E-state index contributed by atoms with van der Waals surface area (Å²) in [5.74, 6) is 0. The molecular weight excluding hydrogens is 296 g/mol. The molecule has 6 nitrogen and oxygen atoms in total. The molecule has 7 heteroatoms. The molecule has 0 aromatic heterocycles. The first-order valence-corrected chi connectivity index (χ1v) is 7.29. The molecule has 0 spiro atoms. The van der Waals surface area contributed by atoms with E-state index in [1.807, 2.05) is 0 Å². The summed E-state index contributed by atoms with van der Waals surface area (Å²) in [6.45, 7) is 0.